The molecule has 5 N–H and O–H groups in total. The van der Waals surface area contributed by atoms with Gasteiger partial charge in [0.1, 0.15) is 5.41 Å². The summed E-state index contributed by atoms with van der Waals surface area (Å²) >= 11 is 4.93. The van der Waals surface area contributed by atoms with Crippen molar-refractivity contribution in [3.8, 4) is 0 Å². The van der Waals surface area contributed by atoms with E-state index >= 15 is 0 Å². The topological polar surface area (TPSA) is 107 Å². The van der Waals surface area contributed by atoms with Crippen LogP contribution in [0.5, 0.6) is 0 Å². The van der Waals surface area contributed by atoms with Crippen LogP contribution in [0.25, 0.3) is 0 Å². The van der Waals surface area contributed by atoms with Crippen molar-refractivity contribution in [2.24, 2.45) is 16.9 Å². The molecule has 1 saturated heterocycles. The second kappa shape index (κ2) is 5.22. The lowest BCUT2D eigenvalue weighted by Gasteiger charge is -2.34. The summed E-state index contributed by atoms with van der Waals surface area (Å²) in [5.41, 5.74) is 9.66. The second-order valence-electron chi connectivity index (χ2n) is 3.71. The molecule has 0 aliphatic carbocycles. The van der Waals surface area contributed by atoms with Crippen LogP contribution in [0.2, 0.25) is 0 Å². The number of thiocarbonyl (C=S) groups is 1. The third-order valence-electron chi connectivity index (χ3n) is 2.68. The normalized spacial score (nSPS) is 18.8. The maximum absolute atomic E-state index is 11.9. The third kappa shape index (κ3) is 2.67. The van der Waals surface area contributed by atoms with Crippen LogP contribution >= 0.6 is 12.2 Å². The van der Waals surface area contributed by atoms with E-state index in [9.17, 15) is 9.59 Å². The summed E-state index contributed by atoms with van der Waals surface area (Å²) in [5, 5.41) is 2.44. The van der Waals surface area contributed by atoms with E-state index < -0.39 is 11.3 Å². The minimum atomic E-state index is -0.900. The number of hydrogen-bond donors (Lipinski definition) is 3. The largest absolute Gasteiger partial charge is 0.392 e. The highest BCUT2D eigenvalue weighted by atomic mass is 32.1. The van der Waals surface area contributed by atoms with Gasteiger partial charge < -0.3 is 21.5 Å². The second-order valence-corrected chi connectivity index (χ2v) is 4.15. The van der Waals surface area contributed by atoms with Crippen LogP contribution in [0.3, 0.4) is 0 Å². The zero-order valence-corrected chi connectivity index (χ0v) is 9.64. The first kappa shape index (κ1) is 12.9. The molecule has 0 bridgehead atoms. The molecule has 0 atom stereocenters. The summed E-state index contributed by atoms with van der Waals surface area (Å²) in [4.78, 5) is 22.6. The van der Waals surface area contributed by atoms with Gasteiger partial charge in [-0.3, -0.25) is 9.59 Å². The lowest BCUT2D eigenvalue weighted by Crippen LogP contribution is -2.53. The van der Waals surface area contributed by atoms with Gasteiger partial charge in [-0.15, -0.1) is 0 Å². The summed E-state index contributed by atoms with van der Waals surface area (Å²) in [6.45, 7) is 0.659. The molecule has 0 unspecified atom stereocenters. The number of nitrogens with one attached hydrogen (secondary N) is 1. The molecule has 1 fully saturated rings. The molecule has 90 valence electrons. The van der Waals surface area contributed by atoms with Crippen molar-refractivity contribution in [1.82, 2.24) is 5.32 Å². The molecular formula is C9H15N3O3S. The van der Waals surface area contributed by atoms with Gasteiger partial charge in [-0.2, -0.15) is 0 Å². The van der Waals surface area contributed by atoms with Gasteiger partial charge in [-0.25, -0.2) is 0 Å². The van der Waals surface area contributed by atoms with E-state index in [0.717, 1.165) is 0 Å². The molecule has 0 spiro atoms. The van der Waals surface area contributed by atoms with Crippen molar-refractivity contribution >= 4 is 29.0 Å². The Morgan fingerprint density at radius 3 is 2.31 bits per heavy atom. The fourth-order valence-corrected chi connectivity index (χ4v) is 1.94. The van der Waals surface area contributed by atoms with Gasteiger partial charge in [0.2, 0.25) is 11.8 Å². The molecule has 1 aliphatic heterocycles. The van der Waals surface area contributed by atoms with E-state index in [2.05, 4.69) is 5.32 Å². The van der Waals surface area contributed by atoms with E-state index in [1.54, 1.807) is 0 Å². The molecule has 6 nitrogen and oxygen atoms in total. The van der Waals surface area contributed by atoms with Gasteiger partial charge >= 0.3 is 0 Å². The van der Waals surface area contributed by atoms with Crippen molar-refractivity contribution in [2.45, 2.75) is 12.8 Å². The highest BCUT2D eigenvalue weighted by Crippen LogP contribution is 2.31. The molecule has 1 rings (SSSR count). The number of ether oxygens (including phenoxy) is 1. The number of rotatable bonds is 4. The van der Waals surface area contributed by atoms with Crippen LogP contribution in [0.15, 0.2) is 0 Å². The summed E-state index contributed by atoms with van der Waals surface area (Å²) < 4.78 is 5.16. The molecule has 0 saturated carbocycles. The zero-order valence-electron chi connectivity index (χ0n) is 8.82. The van der Waals surface area contributed by atoms with Crippen LogP contribution < -0.4 is 16.8 Å². The Morgan fingerprint density at radius 1 is 1.31 bits per heavy atom. The van der Waals surface area contributed by atoms with Crippen LogP contribution in [0.4, 0.5) is 0 Å². The first-order valence-electron chi connectivity index (χ1n) is 4.93. The summed E-state index contributed by atoms with van der Waals surface area (Å²) in [6, 6.07) is 0. The number of nitrogens with two attached hydrogens (primary N) is 2. The van der Waals surface area contributed by atoms with Crippen molar-refractivity contribution < 1.29 is 14.3 Å². The SMILES string of the molecule is NC(=O)CNC(=O)C1(C(N)=S)CCOCC1. The number of primary amides is 1. The Labute approximate surface area is 98.7 Å². The number of carbonyl (C=O) groups is 2. The highest BCUT2D eigenvalue weighted by Gasteiger charge is 2.42. The van der Waals surface area contributed by atoms with Crippen LogP contribution in [-0.4, -0.2) is 36.6 Å². The third-order valence-corrected chi connectivity index (χ3v) is 3.07. The fourth-order valence-electron chi connectivity index (χ4n) is 1.64. The van der Waals surface area contributed by atoms with E-state index in [-0.39, 0.29) is 17.4 Å². The molecular weight excluding hydrogens is 230 g/mol. The molecule has 16 heavy (non-hydrogen) atoms. The lowest BCUT2D eigenvalue weighted by molar-refractivity contribution is -0.133. The van der Waals surface area contributed by atoms with Gasteiger partial charge in [-0.1, -0.05) is 12.2 Å². The lowest BCUT2D eigenvalue weighted by atomic mass is 9.79. The average Bonchev–Trinajstić information content (AvgIpc) is 2.26. The van der Waals surface area contributed by atoms with Crippen LogP contribution in [-0.2, 0) is 14.3 Å². The predicted octanol–water partition coefficient (Wildman–Crippen LogP) is -1.33. The quantitative estimate of drug-likeness (QED) is 0.532. The molecule has 0 aromatic heterocycles. The highest BCUT2D eigenvalue weighted by molar-refractivity contribution is 7.80. The van der Waals surface area contributed by atoms with Gasteiger partial charge in [-0.05, 0) is 12.8 Å². The van der Waals surface area contributed by atoms with E-state index in [0.29, 0.717) is 26.1 Å². The molecule has 7 heteroatoms. The Balaban J connectivity index is 2.72. The number of hydrogen-bond acceptors (Lipinski definition) is 4. The number of amides is 2. The fraction of sp³-hybridized carbons (Fsp3) is 0.667. The van der Waals surface area contributed by atoms with Gasteiger partial charge in [0.05, 0.1) is 11.5 Å². The first-order chi connectivity index (χ1) is 7.49. The van der Waals surface area contributed by atoms with Crippen molar-refractivity contribution in [1.29, 1.82) is 0 Å². The molecule has 0 aromatic carbocycles. The summed E-state index contributed by atoms with van der Waals surface area (Å²) in [5.74, 6) is -0.944. The molecule has 2 amide bonds. The minimum Gasteiger partial charge on any atom is -0.392 e. The standard InChI is InChI=1S/C9H15N3O3S/c10-6(13)5-12-8(14)9(7(11)16)1-3-15-4-2-9/h1-5H2,(H2,10,13)(H2,11,16)(H,12,14). The minimum absolute atomic E-state index is 0.137. The summed E-state index contributed by atoms with van der Waals surface area (Å²) in [7, 11) is 0. The Morgan fingerprint density at radius 2 is 1.88 bits per heavy atom. The maximum atomic E-state index is 11.9. The molecule has 1 heterocycles. The van der Waals surface area contributed by atoms with Crippen molar-refractivity contribution in [3.05, 3.63) is 0 Å². The average molecular weight is 245 g/mol. The van der Waals surface area contributed by atoms with E-state index in [1.807, 2.05) is 0 Å². The number of carbonyl (C=O) groups excluding carboxylic acids is 2. The maximum Gasteiger partial charge on any atom is 0.236 e. The van der Waals surface area contributed by atoms with Crippen LogP contribution in [0.1, 0.15) is 12.8 Å². The smallest absolute Gasteiger partial charge is 0.236 e. The Kier molecular flexibility index (Phi) is 4.19. The van der Waals surface area contributed by atoms with E-state index in [4.69, 9.17) is 28.4 Å². The van der Waals surface area contributed by atoms with Gasteiger partial charge in [0.25, 0.3) is 0 Å². The Hall–Kier alpha value is -1.21. The monoisotopic (exact) mass is 245 g/mol. The van der Waals surface area contributed by atoms with Gasteiger partial charge in [0.15, 0.2) is 0 Å². The first-order valence-corrected chi connectivity index (χ1v) is 5.34. The molecule has 0 aromatic rings. The van der Waals surface area contributed by atoms with Crippen LogP contribution in [0, 0.1) is 5.41 Å². The summed E-state index contributed by atoms with van der Waals surface area (Å²) in [6.07, 6.45) is 0.875. The van der Waals surface area contributed by atoms with Crippen molar-refractivity contribution in [3.63, 3.8) is 0 Å². The zero-order chi connectivity index (χ0) is 12.2. The predicted molar refractivity (Wildman–Crippen MR) is 61.5 cm³/mol. The van der Waals surface area contributed by atoms with E-state index in [1.165, 1.54) is 0 Å². The molecule has 1 aliphatic rings. The van der Waals surface area contributed by atoms with Gasteiger partial charge in [0, 0.05) is 13.2 Å². The van der Waals surface area contributed by atoms with Crippen molar-refractivity contribution in [2.75, 3.05) is 19.8 Å². The Bertz CT molecular complexity index is 313. The molecule has 0 radical (unpaired) electrons.